The first-order chi connectivity index (χ1) is 5.27. The van der Waals surface area contributed by atoms with Crippen molar-refractivity contribution in [3.8, 4) is 0 Å². The van der Waals surface area contributed by atoms with Crippen molar-refractivity contribution in [1.29, 1.82) is 0 Å². The summed E-state index contributed by atoms with van der Waals surface area (Å²) in [4.78, 5) is 4.28. The highest BCUT2D eigenvalue weighted by Gasteiger charge is 2.02. The van der Waals surface area contributed by atoms with Gasteiger partial charge >= 0.3 is 0 Å². The molecule has 0 N–H and O–H groups in total. The number of aryl methyl sites for hydroxylation is 1. The van der Waals surface area contributed by atoms with Crippen LogP contribution in [0.1, 0.15) is 5.01 Å². The van der Waals surface area contributed by atoms with E-state index in [0.717, 1.165) is 20.2 Å². The van der Waals surface area contributed by atoms with Gasteiger partial charge in [-0.2, -0.15) is 0 Å². The van der Waals surface area contributed by atoms with E-state index in [-0.39, 0.29) is 0 Å². The highest BCUT2D eigenvalue weighted by Crippen LogP contribution is 2.27. The molecule has 1 aromatic carbocycles. The monoisotopic (exact) mass is 182 g/mol. The quantitative estimate of drug-likeness (QED) is 0.610. The second kappa shape index (κ2) is 2.47. The molecule has 11 heavy (non-hydrogen) atoms. The SMILES string of the molecule is Cc1nc2c[c]cc(Cl)c2s1. The molecule has 0 fully saturated rings. The minimum atomic E-state index is 0.744. The molecule has 0 atom stereocenters. The number of thiazole rings is 1. The van der Waals surface area contributed by atoms with Gasteiger partial charge in [0.25, 0.3) is 0 Å². The second-order valence-electron chi connectivity index (χ2n) is 2.25. The molecule has 2 aromatic rings. The molecular weight excluding hydrogens is 178 g/mol. The number of hydrogen-bond donors (Lipinski definition) is 0. The predicted octanol–water partition coefficient (Wildman–Crippen LogP) is 3.06. The molecule has 2 rings (SSSR count). The highest BCUT2D eigenvalue weighted by atomic mass is 35.5. The van der Waals surface area contributed by atoms with Gasteiger partial charge in [-0.1, -0.05) is 11.6 Å². The molecule has 0 saturated carbocycles. The molecule has 0 unspecified atom stereocenters. The van der Waals surface area contributed by atoms with Crippen molar-refractivity contribution < 1.29 is 0 Å². The number of rotatable bonds is 0. The normalized spacial score (nSPS) is 10.7. The van der Waals surface area contributed by atoms with Crippen LogP contribution < -0.4 is 0 Å². The van der Waals surface area contributed by atoms with Crippen LogP contribution in [0.3, 0.4) is 0 Å². The molecule has 0 saturated heterocycles. The number of hydrogen-bond acceptors (Lipinski definition) is 2. The minimum absolute atomic E-state index is 0.744. The number of aromatic nitrogens is 1. The van der Waals surface area contributed by atoms with Crippen LogP contribution in [-0.4, -0.2) is 4.98 Å². The lowest BCUT2D eigenvalue weighted by atomic mass is 10.3. The Bertz CT molecular complexity index is 394. The summed E-state index contributed by atoms with van der Waals surface area (Å²) in [5.41, 5.74) is 0.944. The second-order valence-corrected chi connectivity index (χ2v) is 3.86. The molecule has 0 aliphatic carbocycles. The van der Waals surface area contributed by atoms with Gasteiger partial charge in [0.15, 0.2) is 0 Å². The molecule has 0 amide bonds. The summed E-state index contributed by atoms with van der Waals surface area (Å²) < 4.78 is 1.06. The summed E-state index contributed by atoms with van der Waals surface area (Å²) in [6, 6.07) is 6.55. The maximum atomic E-state index is 5.91. The number of nitrogens with zero attached hydrogens (tertiary/aromatic N) is 1. The Labute approximate surface area is 73.6 Å². The number of fused-ring (bicyclic) bond motifs is 1. The van der Waals surface area contributed by atoms with Crippen molar-refractivity contribution in [3.05, 3.63) is 28.2 Å². The van der Waals surface area contributed by atoms with Gasteiger partial charge in [0, 0.05) is 0 Å². The van der Waals surface area contributed by atoms with Gasteiger partial charge < -0.3 is 0 Å². The molecule has 0 spiro atoms. The van der Waals surface area contributed by atoms with Crippen LogP contribution >= 0.6 is 22.9 Å². The number of halogens is 1. The predicted molar refractivity (Wildman–Crippen MR) is 48.2 cm³/mol. The van der Waals surface area contributed by atoms with Crippen LogP contribution in [0.15, 0.2) is 12.1 Å². The maximum Gasteiger partial charge on any atom is 0.0908 e. The maximum absolute atomic E-state index is 5.91. The lowest BCUT2D eigenvalue weighted by molar-refractivity contribution is 1.35. The molecule has 1 aromatic heterocycles. The van der Waals surface area contributed by atoms with Crippen LogP contribution in [0, 0.1) is 13.0 Å². The molecule has 55 valence electrons. The molecule has 0 aliphatic rings. The third-order valence-electron chi connectivity index (χ3n) is 1.41. The summed E-state index contributed by atoms with van der Waals surface area (Å²) in [5.74, 6) is 0. The van der Waals surface area contributed by atoms with Gasteiger partial charge in [0.05, 0.1) is 20.2 Å². The summed E-state index contributed by atoms with van der Waals surface area (Å²) in [7, 11) is 0. The van der Waals surface area contributed by atoms with E-state index < -0.39 is 0 Å². The van der Waals surface area contributed by atoms with E-state index in [1.807, 2.05) is 13.0 Å². The van der Waals surface area contributed by atoms with Crippen LogP contribution in [-0.2, 0) is 0 Å². The van der Waals surface area contributed by atoms with Gasteiger partial charge in [-0.15, -0.1) is 11.3 Å². The Hall–Kier alpha value is -0.600. The first-order valence-corrected chi connectivity index (χ1v) is 4.39. The summed E-state index contributed by atoms with van der Waals surface area (Å²) >= 11 is 7.53. The lowest BCUT2D eigenvalue weighted by Gasteiger charge is -1.87. The van der Waals surface area contributed by atoms with Gasteiger partial charge in [-0.25, -0.2) is 4.98 Å². The Morgan fingerprint density at radius 1 is 1.55 bits per heavy atom. The van der Waals surface area contributed by atoms with E-state index in [4.69, 9.17) is 11.6 Å². The van der Waals surface area contributed by atoms with E-state index in [0.29, 0.717) is 0 Å². The van der Waals surface area contributed by atoms with Crippen LogP contribution in [0.4, 0.5) is 0 Å². The van der Waals surface area contributed by atoms with Crippen LogP contribution in [0.5, 0.6) is 0 Å². The zero-order chi connectivity index (χ0) is 7.84. The number of benzene rings is 1. The molecule has 3 heteroatoms. The fourth-order valence-corrected chi connectivity index (χ4v) is 2.05. The van der Waals surface area contributed by atoms with Gasteiger partial charge in [-0.3, -0.25) is 0 Å². The molecule has 1 heterocycles. The Balaban J connectivity index is 2.90. The van der Waals surface area contributed by atoms with E-state index in [1.165, 1.54) is 0 Å². The lowest BCUT2D eigenvalue weighted by Crippen LogP contribution is -1.68. The zero-order valence-electron chi connectivity index (χ0n) is 5.89. The molecule has 0 aliphatic heterocycles. The zero-order valence-corrected chi connectivity index (χ0v) is 7.46. The van der Waals surface area contributed by atoms with E-state index in [2.05, 4.69) is 11.1 Å². The van der Waals surface area contributed by atoms with Gasteiger partial charge in [0.2, 0.25) is 0 Å². The Morgan fingerprint density at radius 3 is 3.09 bits per heavy atom. The highest BCUT2D eigenvalue weighted by molar-refractivity contribution is 7.19. The van der Waals surface area contributed by atoms with Crippen molar-refractivity contribution in [3.63, 3.8) is 0 Å². The van der Waals surface area contributed by atoms with Gasteiger partial charge in [-0.05, 0) is 25.1 Å². The first kappa shape index (κ1) is 7.07. The minimum Gasteiger partial charge on any atom is -0.241 e. The van der Waals surface area contributed by atoms with E-state index in [1.54, 1.807) is 17.4 Å². The largest absolute Gasteiger partial charge is 0.241 e. The Kier molecular flexibility index (Phi) is 1.59. The van der Waals surface area contributed by atoms with E-state index >= 15 is 0 Å². The topological polar surface area (TPSA) is 12.9 Å². The average Bonchev–Trinajstić information content (AvgIpc) is 2.31. The van der Waals surface area contributed by atoms with Crippen molar-refractivity contribution in [2.45, 2.75) is 6.92 Å². The van der Waals surface area contributed by atoms with Gasteiger partial charge in [0.1, 0.15) is 0 Å². The van der Waals surface area contributed by atoms with Crippen molar-refractivity contribution in [1.82, 2.24) is 4.98 Å². The molecule has 0 bridgehead atoms. The molecule has 1 nitrogen and oxygen atoms in total. The fraction of sp³-hybridized carbons (Fsp3) is 0.125. The van der Waals surface area contributed by atoms with Crippen LogP contribution in [0.25, 0.3) is 10.2 Å². The average molecular weight is 183 g/mol. The van der Waals surface area contributed by atoms with Crippen molar-refractivity contribution >= 4 is 33.2 Å². The van der Waals surface area contributed by atoms with Crippen molar-refractivity contribution in [2.75, 3.05) is 0 Å². The van der Waals surface area contributed by atoms with E-state index in [9.17, 15) is 0 Å². The summed E-state index contributed by atoms with van der Waals surface area (Å²) in [6.07, 6.45) is 0. The summed E-state index contributed by atoms with van der Waals surface area (Å²) in [6.45, 7) is 1.97. The molecular formula is C8H5ClNS. The molecule has 1 radical (unpaired) electrons. The van der Waals surface area contributed by atoms with Crippen LogP contribution in [0.2, 0.25) is 5.02 Å². The fourth-order valence-electron chi connectivity index (χ4n) is 0.971. The smallest absolute Gasteiger partial charge is 0.0908 e. The first-order valence-electron chi connectivity index (χ1n) is 3.20. The third-order valence-corrected chi connectivity index (χ3v) is 2.84. The Morgan fingerprint density at radius 2 is 2.36 bits per heavy atom. The third kappa shape index (κ3) is 1.12. The summed E-state index contributed by atoms with van der Waals surface area (Å²) in [5, 5.41) is 1.79. The standard InChI is InChI=1S/C8H5ClNS/c1-5-10-7-4-2-3-6(9)8(7)11-5/h3-4H,1H3. The van der Waals surface area contributed by atoms with Crippen molar-refractivity contribution in [2.24, 2.45) is 0 Å².